The number of amides is 1. The van der Waals surface area contributed by atoms with Crippen LogP contribution in [0.5, 0.6) is 0 Å². The maximum atomic E-state index is 11.6. The normalized spacial score (nSPS) is 10.6. The van der Waals surface area contributed by atoms with Crippen LogP contribution in [0.3, 0.4) is 0 Å². The zero-order chi connectivity index (χ0) is 12.1. The second-order valence-corrected chi connectivity index (χ2v) is 3.49. The minimum absolute atomic E-state index is 0.231. The third-order valence-corrected chi connectivity index (χ3v) is 2.19. The maximum Gasteiger partial charge on any atom is 0.249 e. The van der Waals surface area contributed by atoms with E-state index in [0.29, 0.717) is 11.5 Å². The van der Waals surface area contributed by atoms with Gasteiger partial charge < -0.3 is 5.32 Å². The standard InChI is InChI=1S/C12H12N4O/c1-9-12(15-16-14-9)13-11(17)8-7-10-5-3-2-4-6-10/h2-8H,1H3,(H2,13,14,15,16,17). The predicted octanol–water partition coefficient (Wildman–Crippen LogP) is 1.77. The van der Waals surface area contributed by atoms with E-state index in [9.17, 15) is 4.79 Å². The number of carbonyl (C=O) groups excluding carboxylic acids is 1. The lowest BCUT2D eigenvalue weighted by atomic mass is 10.2. The van der Waals surface area contributed by atoms with Crippen LogP contribution < -0.4 is 5.32 Å². The van der Waals surface area contributed by atoms with Crippen molar-refractivity contribution in [3.05, 3.63) is 47.7 Å². The lowest BCUT2D eigenvalue weighted by Crippen LogP contribution is -2.09. The summed E-state index contributed by atoms with van der Waals surface area (Å²) in [5, 5.41) is 12.7. The number of aromatic nitrogens is 3. The van der Waals surface area contributed by atoms with Crippen molar-refractivity contribution < 1.29 is 4.79 Å². The molecule has 5 nitrogen and oxygen atoms in total. The van der Waals surface area contributed by atoms with E-state index in [4.69, 9.17) is 0 Å². The quantitative estimate of drug-likeness (QED) is 0.786. The van der Waals surface area contributed by atoms with Crippen molar-refractivity contribution in [3.63, 3.8) is 0 Å². The van der Waals surface area contributed by atoms with Gasteiger partial charge in [0, 0.05) is 6.08 Å². The summed E-state index contributed by atoms with van der Waals surface area (Å²) in [5.41, 5.74) is 1.63. The molecule has 2 rings (SSSR count). The highest BCUT2D eigenvalue weighted by molar-refractivity contribution is 6.01. The molecule has 0 bridgehead atoms. The summed E-state index contributed by atoms with van der Waals surface area (Å²) in [7, 11) is 0. The van der Waals surface area contributed by atoms with Crippen LogP contribution in [0, 0.1) is 6.92 Å². The van der Waals surface area contributed by atoms with Gasteiger partial charge in [0.1, 0.15) is 5.69 Å². The zero-order valence-corrected chi connectivity index (χ0v) is 9.34. The number of nitrogens with zero attached hydrogens (tertiary/aromatic N) is 2. The van der Waals surface area contributed by atoms with Gasteiger partial charge in [-0.25, -0.2) is 0 Å². The molecule has 17 heavy (non-hydrogen) atoms. The van der Waals surface area contributed by atoms with Crippen molar-refractivity contribution in [2.24, 2.45) is 0 Å². The summed E-state index contributed by atoms with van der Waals surface area (Å²) in [6, 6.07) is 9.60. The van der Waals surface area contributed by atoms with Crippen LogP contribution in [0.2, 0.25) is 0 Å². The summed E-state index contributed by atoms with van der Waals surface area (Å²) in [5.74, 6) is 0.221. The number of hydrogen-bond donors (Lipinski definition) is 2. The Labute approximate surface area is 98.6 Å². The highest BCUT2D eigenvalue weighted by Gasteiger charge is 2.04. The summed E-state index contributed by atoms with van der Waals surface area (Å²) in [4.78, 5) is 11.6. The third-order valence-electron chi connectivity index (χ3n) is 2.19. The molecule has 5 heteroatoms. The van der Waals surface area contributed by atoms with E-state index in [2.05, 4.69) is 20.7 Å². The zero-order valence-electron chi connectivity index (χ0n) is 9.34. The van der Waals surface area contributed by atoms with Gasteiger partial charge in [-0.1, -0.05) is 30.3 Å². The largest absolute Gasteiger partial charge is 0.304 e. The molecule has 0 aliphatic rings. The highest BCUT2D eigenvalue weighted by Crippen LogP contribution is 2.06. The van der Waals surface area contributed by atoms with Crippen LogP contribution in [0.1, 0.15) is 11.3 Å². The number of nitrogens with one attached hydrogen (secondary N) is 2. The van der Waals surface area contributed by atoms with E-state index >= 15 is 0 Å². The van der Waals surface area contributed by atoms with E-state index in [0.717, 1.165) is 5.56 Å². The predicted molar refractivity (Wildman–Crippen MR) is 65.2 cm³/mol. The molecule has 0 saturated heterocycles. The summed E-state index contributed by atoms with van der Waals surface area (Å²) < 4.78 is 0. The van der Waals surface area contributed by atoms with Gasteiger partial charge >= 0.3 is 0 Å². The van der Waals surface area contributed by atoms with Gasteiger partial charge in [0.05, 0.1) is 0 Å². The van der Waals surface area contributed by atoms with Crippen LogP contribution in [0.15, 0.2) is 36.4 Å². The van der Waals surface area contributed by atoms with Crippen LogP contribution in [-0.4, -0.2) is 21.3 Å². The maximum absolute atomic E-state index is 11.6. The first-order valence-electron chi connectivity index (χ1n) is 5.17. The number of rotatable bonds is 3. The van der Waals surface area contributed by atoms with Crippen LogP contribution in [0.25, 0.3) is 6.08 Å². The highest BCUT2D eigenvalue weighted by atomic mass is 16.1. The topological polar surface area (TPSA) is 70.7 Å². The summed E-state index contributed by atoms with van der Waals surface area (Å²) in [6.45, 7) is 1.76. The van der Waals surface area contributed by atoms with E-state index in [1.54, 1.807) is 13.0 Å². The van der Waals surface area contributed by atoms with Gasteiger partial charge in [-0.15, -0.1) is 5.10 Å². The molecule has 1 aromatic carbocycles. The van der Waals surface area contributed by atoms with Crippen molar-refractivity contribution in [3.8, 4) is 0 Å². The molecule has 0 saturated carbocycles. The van der Waals surface area contributed by atoms with E-state index in [-0.39, 0.29) is 5.91 Å². The van der Waals surface area contributed by atoms with Gasteiger partial charge in [0.2, 0.25) is 5.91 Å². The Morgan fingerprint density at radius 3 is 2.71 bits per heavy atom. The van der Waals surface area contributed by atoms with Crippen molar-refractivity contribution in [1.29, 1.82) is 0 Å². The summed E-state index contributed by atoms with van der Waals surface area (Å²) in [6.07, 6.45) is 3.20. The van der Waals surface area contributed by atoms with Crippen molar-refractivity contribution in [2.75, 3.05) is 5.32 Å². The number of H-pyrrole nitrogens is 1. The van der Waals surface area contributed by atoms with Crippen LogP contribution in [0.4, 0.5) is 5.82 Å². The SMILES string of the molecule is Cc1n[nH]nc1NC(=O)C=Cc1ccccc1. The molecule has 0 radical (unpaired) electrons. The molecule has 2 N–H and O–H groups in total. The van der Waals surface area contributed by atoms with E-state index in [1.165, 1.54) is 6.08 Å². The Hall–Kier alpha value is -2.43. The monoisotopic (exact) mass is 228 g/mol. The average molecular weight is 228 g/mol. The second-order valence-electron chi connectivity index (χ2n) is 3.49. The number of carbonyl (C=O) groups is 1. The molecular formula is C12H12N4O. The first kappa shape index (κ1) is 11.1. The molecule has 86 valence electrons. The lowest BCUT2D eigenvalue weighted by molar-refractivity contribution is -0.111. The van der Waals surface area contributed by atoms with Crippen molar-refractivity contribution >= 4 is 17.8 Å². The Balaban J connectivity index is 1.99. The van der Waals surface area contributed by atoms with Crippen LogP contribution >= 0.6 is 0 Å². The Morgan fingerprint density at radius 2 is 2.06 bits per heavy atom. The molecular weight excluding hydrogens is 216 g/mol. The molecule has 1 heterocycles. The first-order chi connectivity index (χ1) is 8.25. The average Bonchev–Trinajstić information content (AvgIpc) is 2.74. The van der Waals surface area contributed by atoms with E-state index < -0.39 is 0 Å². The summed E-state index contributed by atoms with van der Waals surface area (Å²) >= 11 is 0. The molecule has 1 amide bonds. The number of anilines is 1. The van der Waals surface area contributed by atoms with Crippen molar-refractivity contribution in [1.82, 2.24) is 15.4 Å². The lowest BCUT2D eigenvalue weighted by Gasteiger charge is -1.96. The van der Waals surface area contributed by atoms with Gasteiger partial charge in [-0.3, -0.25) is 4.79 Å². The number of aryl methyl sites for hydroxylation is 1. The number of hydrogen-bond acceptors (Lipinski definition) is 3. The Kier molecular flexibility index (Phi) is 3.30. The molecule has 0 atom stereocenters. The molecule has 0 unspecified atom stereocenters. The van der Waals surface area contributed by atoms with Gasteiger partial charge in [0.25, 0.3) is 0 Å². The minimum atomic E-state index is -0.231. The van der Waals surface area contributed by atoms with Gasteiger partial charge in [-0.05, 0) is 18.6 Å². The van der Waals surface area contributed by atoms with Crippen molar-refractivity contribution in [2.45, 2.75) is 6.92 Å². The molecule has 0 aliphatic heterocycles. The Morgan fingerprint density at radius 1 is 1.29 bits per heavy atom. The minimum Gasteiger partial charge on any atom is -0.304 e. The number of benzene rings is 1. The molecule has 0 fully saturated rings. The molecule has 2 aromatic rings. The molecule has 0 aliphatic carbocycles. The molecule has 0 spiro atoms. The van der Waals surface area contributed by atoms with Gasteiger partial charge in [-0.2, -0.15) is 10.3 Å². The fourth-order valence-corrected chi connectivity index (χ4v) is 1.30. The van der Waals surface area contributed by atoms with Crippen LogP contribution in [-0.2, 0) is 4.79 Å². The fraction of sp³-hybridized carbons (Fsp3) is 0.0833. The third kappa shape index (κ3) is 3.01. The van der Waals surface area contributed by atoms with E-state index in [1.807, 2.05) is 30.3 Å². The first-order valence-corrected chi connectivity index (χ1v) is 5.17. The second kappa shape index (κ2) is 5.07. The number of aromatic amines is 1. The molecule has 1 aromatic heterocycles. The fourth-order valence-electron chi connectivity index (χ4n) is 1.30. The smallest absolute Gasteiger partial charge is 0.249 e. The van der Waals surface area contributed by atoms with Gasteiger partial charge in [0.15, 0.2) is 5.82 Å². The Bertz CT molecular complexity index is 530.